The van der Waals surface area contributed by atoms with Crippen molar-refractivity contribution < 1.29 is 9.63 Å². The summed E-state index contributed by atoms with van der Waals surface area (Å²) in [7, 11) is 3.57. The minimum absolute atomic E-state index is 0.247. The van der Waals surface area contributed by atoms with Crippen molar-refractivity contribution in [1.29, 1.82) is 0 Å². The molecule has 0 unspecified atom stereocenters. The Kier molecular flexibility index (Phi) is 7.56. The van der Waals surface area contributed by atoms with E-state index in [0.717, 1.165) is 18.6 Å². The lowest BCUT2D eigenvalue weighted by Crippen LogP contribution is -2.19. The summed E-state index contributed by atoms with van der Waals surface area (Å²) in [4.78, 5) is 18.2. The predicted molar refractivity (Wildman–Crippen MR) is 95.5 cm³/mol. The average molecular weight is 352 g/mol. The standard InChI is InChI=1S/C16H17NO2S3/c18-16(19-17-12-6-4-10-15(17)20)11-5-7-13-21-22-14-8-2-1-3-9-14/h1-4,6,8-10,12H,5,7,11,13H2. The van der Waals surface area contributed by atoms with Crippen LogP contribution < -0.4 is 4.84 Å². The van der Waals surface area contributed by atoms with E-state index in [2.05, 4.69) is 12.1 Å². The molecule has 22 heavy (non-hydrogen) atoms. The maximum absolute atomic E-state index is 11.7. The molecule has 0 spiro atoms. The Labute approximate surface area is 143 Å². The molecule has 0 aliphatic carbocycles. The highest BCUT2D eigenvalue weighted by Crippen LogP contribution is 2.31. The second kappa shape index (κ2) is 9.71. The Hall–Kier alpha value is -1.24. The van der Waals surface area contributed by atoms with Crippen LogP contribution in [0.5, 0.6) is 0 Å². The zero-order valence-electron chi connectivity index (χ0n) is 12.0. The van der Waals surface area contributed by atoms with Gasteiger partial charge in [0, 0.05) is 23.3 Å². The van der Waals surface area contributed by atoms with Crippen molar-refractivity contribution in [2.24, 2.45) is 0 Å². The smallest absolute Gasteiger partial charge is 0.332 e. The Morgan fingerprint density at radius 1 is 1.09 bits per heavy atom. The molecular weight excluding hydrogens is 334 g/mol. The van der Waals surface area contributed by atoms with Gasteiger partial charge in [0.2, 0.25) is 0 Å². The number of pyridine rings is 1. The van der Waals surface area contributed by atoms with Gasteiger partial charge in [0.1, 0.15) is 4.64 Å². The number of carbonyl (C=O) groups is 1. The summed E-state index contributed by atoms with van der Waals surface area (Å²) in [5.74, 6) is 0.764. The van der Waals surface area contributed by atoms with Crippen LogP contribution in [0.3, 0.4) is 0 Å². The summed E-state index contributed by atoms with van der Waals surface area (Å²) in [6.07, 6.45) is 3.86. The number of carbonyl (C=O) groups excluding carboxylic acids is 1. The first-order chi connectivity index (χ1) is 10.8. The summed E-state index contributed by atoms with van der Waals surface area (Å²) in [5, 5.41) is 0. The van der Waals surface area contributed by atoms with E-state index in [4.69, 9.17) is 17.1 Å². The van der Waals surface area contributed by atoms with E-state index in [1.54, 1.807) is 29.1 Å². The van der Waals surface area contributed by atoms with Crippen molar-refractivity contribution in [2.75, 3.05) is 5.75 Å². The zero-order valence-corrected chi connectivity index (χ0v) is 14.5. The molecule has 2 aromatic rings. The lowest BCUT2D eigenvalue weighted by Gasteiger charge is -2.06. The highest BCUT2D eigenvalue weighted by molar-refractivity contribution is 8.76. The van der Waals surface area contributed by atoms with Crippen molar-refractivity contribution in [3.8, 4) is 0 Å². The van der Waals surface area contributed by atoms with E-state index in [1.807, 2.05) is 35.1 Å². The molecular formula is C16H17NO2S3. The summed E-state index contributed by atoms with van der Waals surface area (Å²) in [6.45, 7) is 0. The Bertz CT molecular complexity index is 643. The third-order valence-electron chi connectivity index (χ3n) is 2.75. The van der Waals surface area contributed by atoms with Crippen LogP contribution in [0.2, 0.25) is 0 Å². The van der Waals surface area contributed by atoms with Gasteiger partial charge < -0.3 is 4.84 Å². The van der Waals surface area contributed by atoms with Crippen LogP contribution >= 0.6 is 33.8 Å². The third kappa shape index (κ3) is 6.25. The van der Waals surface area contributed by atoms with Crippen molar-refractivity contribution in [2.45, 2.75) is 24.2 Å². The molecule has 116 valence electrons. The molecule has 0 saturated carbocycles. The van der Waals surface area contributed by atoms with Crippen LogP contribution in [0, 0.1) is 4.64 Å². The number of aromatic nitrogens is 1. The van der Waals surface area contributed by atoms with Gasteiger partial charge in [0.25, 0.3) is 0 Å². The lowest BCUT2D eigenvalue weighted by atomic mass is 10.2. The van der Waals surface area contributed by atoms with Gasteiger partial charge >= 0.3 is 5.97 Å². The fourth-order valence-electron chi connectivity index (χ4n) is 1.66. The first kappa shape index (κ1) is 17.1. The quantitative estimate of drug-likeness (QED) is 0.388. The molecule has 0 amide bonds. The van der Waals surface area contributed by atoms with Crippen LogP contribution in [0.25, 0.3) is 0 Å². The van der Waals surface area contributed by atoms with Gasteiger partial charge in [-0.1, -0.05) is 58.1 Å². The average Bonchev–Trinajstić information content (AvgIpc) is 2.54. The molecule has 1 heterocycles. The van der Waals surface area contributed by atoms with Crippen molar-refractivity contribution in [1.82, 2.24) is 4.73 Å². The maximum atomic E-state index is 11.7. The Morgan fingerprint density at radius 2 is 1.86 bits per heavy atom. The molecule has 0 aliphatic rings. The van der Waals surface area contributed by atoms with Crippen LogP contribution in [0.4, 0.5) is 0 Å². The Morgan fingerprint density at radius 3 is 2.64 bits per heavy atom. The molecule has 0 radical (unpaired) electrons. The van der Waals surface area contributed by atoms with E-state index >= 15 is 0 Å². The van der Waals surface area contributed by atoms with E-state index < -0.39 is 0 Å². The number of hydrogen-bond acceptors (Lipinski definition) is 5. The number of hydrogen-bond donors (Lipinski definition) is 0. The van der Waals surface area contributed by atoms with Crippen LogP contribution in [0.1, 0.15) is 19.3 Å². The highest BCUT2D eigenvalue weighted by atomic mass is 33.1. The van der Waals surface area contributed by atoms with Crippen LogP contribution in [0.15, 0.2) is 59.6 Å². The second-order valence-corrected chi connectivity index (χ2v) is 7.41. The summed E-state index contributed by atoms with van der Waals surface area (Å²) in [5.41, 5.74) is 0. The largest absolute Gasteiger partial charge is 0.336 e. The molecule has 0 aliphatic heterocycles. The van der Waals surface area contributed by atoms with Gasteiger partial charge in [-0.3, -0.25) is 0 Å². The third-order valence-corrected chi connectivity index (χ3v) is 5.53. The van der Waals surface area contributed by atoms with Gasteiger partial charge in [0.15, 0.2) is 0 Å². The van der Waals surface area contributed by atoms with Crippen molar-refractivity contribution >= 4 is 39.8 Å². The molecule has 1 aromatic carbocycles. The molecule has 6 heteroatoms. The minimum Gasteiger partial charge on any atom is -0.336 e. The molecule has 1 aromatic heterocycles. The van der Waals surface area contributed by atoms with Crippen molar-refractivity contribution in [3.63, 3.8) is 0 Å². The first-order valence-corrected chi connectivity index (χ1v) is 9.72. The molecule has 0 saturated heterocycles. The molecule has 0 atom stereocenters. The fraction of sp³-hybridized carbons (Fsp3) is 0.250. The van der Waals surface area contributed by atoms with E-state index in [9.17, 15) is 4.79 Å². The maximum Gasteiger partial charge on any atom is 0.332 e. The predicted octanol–water partition coefficient (Wildman–Crippen LogP) is 4.78. The second-order valence-electron chi connectivity index (χ2n) is 4.50. The molecule has 0 N–H and O–H groups in total. The number of unbranched alkanes of at least 4 members (excludes halogenated alkanes) is 1. The van der Waals surface area contributed by atoms with Crippen LogP contribution in [-0.4, -0.2) is 16.5 Å². The van der Waals surface area contributed by atoms with E-state index in [-0.39, 0.29) is 5.97 Å². The minimum atomic E-state index is -0.247. The van der Waals surface area contributed by atoms with E-state index in [1.165, 1.54) is 9.63 Å². The molecule has 2 rings (SSSR count). The molecule has 0 bridgehead atoms. The van der Waals surface area contributed by atoms with Gasteiger partial charge in [-0.15, -0.1) is 0 Å². The lowest BCUT2D eigenvalue weighted by molar-refractivity contribution is -0.144. The van der Waals surface area contributed by atoms with Gasteiger partial charge in [0.05, 0.1) is 0 Å². The topological polar surface area (TPSA) is 31.2 Å². The van der Waals surface area contributed by atoms with Crippen molar-refractivity contribution in [3.05, 3.63) is 59.4 Å². The van der Waals surface area contributed by atoms with E-state index in [0.29, 0.717) is 11.1 Å². The van der Waals surface area contributed by atoms with Crippen LogP contribution in [-0.2, 0) is 4.79 Å². The normalized spacial score (nSPS) is 10.4. The number of nitrogens with zero attached hydrogens (tertiary/aromatic N) is 1. The molecule has 3 nitrogen and oxygen atoms in total. The first-order valence-electron chi connectivity index (χ1n) is 6.99. The monoisotopic (exact) mass is 351 g/mol. The fourth-order valence-corrected chi connectivity index (χ4v) is 3.99. The zero-order chi connectivity index (χ0) is 15.6. The van der Waals surface area contributed by atoms with Gasteiger partial charge in [-0.2, -0.15) is 4.73 Å². The summed E-state index contributed by atoms with van der Waals surface area (Å²) < 4.78 is 1.82. The number of rotatable bonds is 8. The number of benzene rings is 1. The SMILES string of the molecule is O=C(CCCCSSc1ccccc1)On1ccccc1=S. The summed E-state index contributed by atoms with van der Waals surface area (Å²) >= 11 is 5.07. The Balaban J connectivity index is 1.58. The summed E-state index contributed by atoms with van der Waals surface area (Å²) in [6, 6.07) is 15.6. The van der Waals surface area contributed by atoms with Gasteiger partial charge in [-0.05, 0) is 37.1 Å². The van der Waals surface area contributed by atoms with Gasteiger partial charge in [-0.25, -0.2) is 4.79 Å². The molecule has 0 fully saturated rings. The highest BCUT2D eigenvalue weighted by Gasteiger charge is 2.04.